The van der Waals surface area contributed by atoms with Crippen LogP contribution < -0.4 is 0 Å². The number of amides is 1. The zero-order valence-electron chi connectivity index (χ0n) is 16.2. The molecule has 0 bridgehead atoms. The van der Waals surface area contributed by atoms with E-state index in [9.17, 15) is 4.79 Å². The van der Waals surface area contributed by atoms with Crippen LogP contribution in [0, 0.1) is 0 Å². The van der Waals surface area contributed by atoms with Gasteiger partial charge in [-0.25, -0.2) is 0 Å². The molecular weight excluding hydrogens is 388 g/mol. The fourth-order valence-electron chi connectivity index (χ4n) is 3.56. The largest absolute Gasteiger partial charge is 0.338 e. The smallest absolute Gasteiger partial charge is 0.263 e. The van der Waals surface area contributed by atoms with Crippen LogP contribution in [0.3, 0.4) is 0 Å². The number of benzene rings is 1. The van der Waals surface area contributed by atoms with E-state index in [1.54, 1.807) is 11.3 Å². The predicted octanol–water partition coefficient (Wildman–Crippen LogP) is 4.49. The summed E-state index contributed by atoms with van der Waals surface area (Å²) >= 11 is 3.05. The summed E-state index contributed by atoms with van der Waals surface area (Å²) in [5.41, 5.74) is 2.04. The Labute approximate surface area is 173 Å². The van der Waals surface area contributed by atoms with Crippen LogP contribution in [0.1, 0.15) is 29.4 Å². The van der Waals surface area contributed by atoms with Gasteiger partial charge in [0, 0.05) is 42.7 Å². The Hall–Kier alpha value is -2.09. The molecule has 0 unspecified atom stereocenters. The lowest BCUT2D eigenvalue weighted by Gasteiger charge is -2.36. The molecule has 0 N–H and O–H groups in total. The number of hydrogen-bond acceptors (Lipinski definition) is 6. The molecule has 1 aliphatic heterocycles. The van der Waals surface area contributed by atoms with Crippen molar-refractivity contribution in [2.45, 2.75) is 25.8 Å². The quantitative estimate of drug-likeness (QED) is 0.620. The first-order valence-corrected chi connectivity index (χ1v) is 11.3. The molecule has 146 valence electrons. The zero-order valence-corrected chi connectivity index (χ0v) is 17.8. The molecule has 1 saturated heterocycles. The zero-order chi connectivity index (χ0) is 19.5. The first kappa shape index (κ1) is 19.2. The van der Waals surface area contributed by atoms with Crippen molar-refractivity contribution in [2.75, 3.05) is 26.7 Å². The molecule has 3 aromatic rings. The number of carbonyl (C=O) groups is 1. The molecule has 1 aliphatic rings. The van der Waals surface area contributed by atoms with Gasteiger partial charge in [0.05, 0.1) is 4.88 Å². The molecular formula is C21H24N4OS2. The van der Waals surface area contributed by atoms with Gasteiger partial charge < -0.3 is 9.80 Å². The second-order valence-electron chi connectivity index (χ2n) is 7.06. The monoisotopic (exact) mass is 412 g/mol. The van der Waals surface area contributed by atoms with Gasteiger partial charge in [-0.05, 0) is 25.5 Å². The average Bonchev–Trinajstić information content (AvgIpc) is 3.43. The number of piperidine rings is 1. The summed E-state index contributed by atoms with van der Waals surface area (Å²) in [5, 5.41) is 12.4. The molecule has 0 spiro atoms. The van der Waals surface area contributed by atoms with Crippen molar-refractivity contribution in [1.29, 1.82) is 0 Å². The maximum absolute atomic E-state index is 13.0. The Bertz CT molecular complexity index is 929. The minimum absolute atomic E-state index is 0.110. The number of thiophene rings is 1. The molecule has 1 amide bonds. The molecule has 2 aromatic heterocycles. The summed E-state index contributed by atoms with van der Waals surface area (Å²) in [6, 6.07) is 12.3. The number of carbonyl (C=O) groups excluding carboxylic acids is 1. The van der Waals surface area contributed by atoms with Crippen molar-refractivity contribution < 1.29 is 4.79 Å². The first-order chi connectivity index (χ1) is 13.7. The van der Waals surface area contributed by atoms with Gasteiger partial charge in [0.25, 0.3) is 5.91 Å². The van der Waals surface area contributed by atoms with Crippen molar-refractivity contribution in [2.24, 2.45) is 0 Å². The van der Waals surface area contributed by atoms with Crippen molar-refractivity contribution in [1.82, 2.24) is 20.0 Å². The second kappa shape index (κ2) is 8.51. The Morgan fingerprint density at radius 2 is 1.82 bits per heavy atom. The molecule has 1 fully saturated rings. The fourth-order valence-corrected chi connectivity index (χ4v) is 5.34. The number of rotatable bonds is 5. The van der Waals surface area contributed by atoms with Gasteiger partial charge in [0.2, 0.25) is 0 Å². The molecule has 28 heavy (non-hydrogen) atoms. The van der Waals surface area contributed by atoms with Crippen LogP contribution in [0.5, 0.6) is 0 Å². The van der Waals surface area contributed by atoms with Crippen molar-refractivity contribution >= 4 is 28.6 Å². The normalized spacial score (nSPS) is 15.6. The van der Waals surface area contributed by atoms with Gasteiger partial charge in [0.1, 0.15) is 10.0 Å². The van der Waals surface area contributed by atoms with Crippen LogP contribution in [0.2, 0.25) is 0 Å². The van der Waals surface area contributed by atoms with Gasteiger partial charge >= 0.3 is 0 Å². The van der Waals surface area contributed by atoms with E-state index in [-0.39, 0.29) is 5.91 Å². The molecule has 3 heterocycles. The van der Waals surface area contributed by atoms with Gasteiger partial charge in [-0.1, -0.05) is 48.6 Å². The lowest BCUT2D eigenvalue weighted by Crippen LogP contribution is -2.45. The minimum atomic E-state index is 0.110. The minimum Gasteiger partial charge on any atom is -0.338 e. The Kier molecular flexibility index (Phi) is 5.85. The van der Waals surface area contributed by atoms with Crippen LogP contribution in [-0.2, 0) is 0 Å². The first-order valence-electron chi connectivity index (χ1n) is 9.63. The summed E-state index contributed by atoms with van der Waals surface area (Å²) in [4.78, 5) is 18.1. The molecule has 1 aromatic carbocycles. The van der Waals surface area contributed by atoms with Crippen LogP contribution in [0.15, 0.2) is 41.8 Å². The number of aromatic nitrogens is 2. The topological polar surface area (TPSA) is 49.3 Å². The molecule has 0 radical (unpaired) electrons. The number of hydrogen-bond donors (Lipinski definition) is 0. The average molecular weight is 413 g/mol. The van der Waals surface area contributed by atoms with Gasteiger partial charge in [0.15, 0.2) is 0 Å². The van der Waals surface area contributed by atoms with Crippen molar-refractivity contribution in [3.63, 3.8) is 0 Å². The third-order valence-corrected chi connectivity index (χ3v) is 7.31. The fraction of sp³-hybridized carbons (Fsp3) is 0.381. The second-order valence-corrected chi connectivity index (χ2v) is 8.95. The maximum Gasteiger partial charge on any atom is 0.263 e. The van der Waals surface area contributed by atoms with E-state index in [1.165, 1.54) is 11.3 Å². The standard InChI is InChI=1S/C21H24N4OS2/c1-3-25-11-9-17(10-12-25)24(2)21(26)18-13-16(14-27-18)20-23-22-19(28-20)15-7-5-4-6-8-15/h4-8,13-14,17H,3,9-12H2,1-2H3. The third-order valence-electron chi connectivity index (χ3n) is 5.38. The maximum atomic E-state index is 13.0. The third kappa shape index (κ3) is 4.01. The van der Waals surface area contributed by atoms with E-state index >= 15 is 0 Å². The van der Waals surface area contributed by atoms with Crippen LogP contribution in [0.4, 0.5) is 0 Å². The van der Waals surface area contributed by atoms with E-state index in [0.29, 0.717) is 6.04 Å². The summed E-state index contributed by atoms with van der Waals surface area (Å²) < 4.78 is 0. The van der Waals surface area contributed by atoms with Crippen LogP contribution in [-0.4, -0.2) is 58.6 Å². The summed E-state index contributed by atoms with van der Waals surface area (Å²) in [6.45, 7) is 5.42. The Morgan fingerprint density at radius 3 is 2.50 bits per heavy atom. The molecule has 0 saturated carbocycles. The lowest BCUT2D eigenvalue weighted by molar-refractivity contribution is 0.0651. The van der Waals surface area contributed by atoms with Crippen molar-refractivity contribution in [3.8, 4) is 21.1 Å². The van der Waals surface area contributed by atoms with Gasteiger partial charge in [-0.15, -0.1) is 21.5 Å². The Balaban J connectivity index is 1.45. The highest BCUT2D eigenvalue weighted by molar-refractivity contribution is 7.18. The SMILES string of the molecule is CCN1CCC(N(C)C(=O)c2cc(-c3nnc(-c4ccccc4)s3)cs2)CC1. The highest BCUT2D eigenvalue weighted by Crippen LogP contribution is 2.33. The summed E-state index contributed by atoms with van der Waals surface area (Å²) in [5.74, 6) is 0.110. The summed E-state index contributed by atoms with van der Waals surface area (Å²) in [6.07, 6.45) is 2.09. The molecule has 0 atom stereocenters. The van der Waals surface area contributed by atoms with E-state index < -0.39 is 0 Å². The number of nitrogens with zero attached hydrogens (tertiary/aromatic N) is 4. The summed E-state index contributed by atoms with van der Waals surface area (Å²) in [7, 11) is 1.94. The highest BCUT2D eigenvalue weighted by atomic mass is 32.1. The van der Waals surface area contributed by atoms with Gasteiger partial charge in [-0.2, -0.15) is 0 Å². The van der Waals surface area contributed by atoms with Crippen LogP contribution in [0.25, 0.3) is 21.1 Å². The Morgan fingerprint density at radius 1 is 1.14 bits per heavy atom. The van der Waals surface area contributed by atoms with E-state index in [0.717, 1.165) is 58.5 Å². The molecule has 7 heteroatoms. The molecule has 4 rings (SSSR count). The predicted molar refractivity (Wildman–Crippen MR) is 116 cm³/mol. The highest BCUT2D eigenvalue weighted by Gasteiger charge is 2.26. The van der Waals surface area contributed by atoms with E-state index in [1.807, 2.05) is 53.7 Å². The van der Waals surface area contributed by atoms with E-state index in [2.05, 4.69) is 22.0 Å². The van der Waals surface area contributed by atoms with E-state index in [4.69, 9.17) is 0 Å². The van der Waals surface area contributed by atoms with Crippen molar-refractivity contribution in [3.05, 3.63) is 46.7 Å². The van der Waals surface area contributed by atoms with Crippen LogP contribution >= 0.6 is 22.7 Å². The number of likely N-dealkylation sites (tertiary alicyclic amines) is 1. The lowest BCUT2D eigenvalue weighted by atomic mass is 10.0. The molecule has 5 nitrogen and oxygen atoms in total. The molecule has 0 aliphatic carbocycles. The van der Waals surface area contributed by atoms with Gasteiger partial charge in [-0.3, -0.25) is 4.79 Å².